The Morgan fingerprint density at radius 2 is 1.92 bits per heavy atom. The first kappa shape index (κ1) is 10.5. The van der Waals surface area contributed by atoms with Gasteiger partial charge in [0.1, 0.15) is 0 Å². The Balaban J connectivity index is 2.93. The molecule has 0 bridgehead atoms. The summed E-state index contributed by atoms with van der Waals surface area (Å²) in [6.07, 6.45) is 6.15. The molecule has 2 nitrogen and oxygen atoms in total. The van der Waals surface area contributed by atoms with E-state index in [1.54, 1.807) is 0 Å². The molecule has 0 saturated carbocycles. The fourth-order valence-electron chi connectivity index (χ4n) is 1.31. The van der Waals surface area contributed by atoms with E-state index in [4.69, 9.17) is 11.5 Å². The Hall–Kier alpha value is -0.600. The summed E-state index contributed by atoms with van der Waals surface area (Å²) in [4.78, 5) is 0. The van der Waals surface area contributed by atoms with Crippen molar-refractivity contribution in [1.29, 1.82) is 0 Å². The molecule has 0 aliphatic heterocycles. The summed E-state index contributed by atoms with van der Waals surface area (Å²) in [6, 6.07) is -0.0771. The third-order valence-electron chi connectivity index (χ3n) is 2.57. The van der Waals surface area contributed by atoms with Gasteiger partial charge in [-0.25, -0.2) is 0 Å². The van der Waals surface area contributed by atoms with Gasteiger partial charge in [0.15, 0.2) is 0 Å². The highest BCUT2D eigenvalue weighted by Crippen LogP contribution is 2.30. The summed E-state index contributed by atoms with van der Waals surface area (Å²) in [5.74, 6) is 0. The van der Waals surface area contributed by atoms with Gasteiger partial charge in [-0.3, -0.25) is 0 Å². The monoisotopic (exact) mass is 180 g/mol. The maximum Gasteiger partial charge on any atom is 0.0503 e. The van der Waals surface area contributed by atoms with Crippen LogP contribution in [0.25, 0.3) is 0 Å². The summed E-state index contributed by atoms with van der Waals surface area (Å²) in [7, 11) is 0. The molecule has 0 aromatic heterocycles. The molecule has 0 saturated heterocycles. The summed E-state index contributed by atoms with van der Waals surface area (Å²) in [5.41, 5.74) is 12.9. The molecule has 13 heavy (non-hydrogen) atoms. The topological polar surface area (TPSA) is 52.0 Å². The van der Waals surface area contributed by atoms with Gasteiger partial charge < -0.3 is 11.5 Å². The van der Waals surface area contributed by atoms with E-state index in [1.165, 1.54) is 5.57 Å². The smallest absolute Gasteiger partial charge is 0.0503 e. The van der Waals surface area contributed by atoms with Crippen molar-refractivity contribution < 1.29 is 0 Å². The first-order chi connectivity index (χ1) is 5.73. The third-order valence-corrected chi connectivity index (χ3v) is 2.57. The molecule has 1 rings (SSSR count). The van der Waals surface area contributed by atoms with Crippen LogP contribution in [0.2, 0.25) is 0 Å². The Labute approximate surface area is 80.7 Å². The molecule has 0 aromatic carbocycles. The Kier molecular flexibility index (Phi) is 2.39. The number of hydrogen-bond donors (Lipinski definition) is 2. The second kappa shape index (κ2) is 2.96. The summed E-state index contributed by atoms with van der Waals surface area (Å²) in [6.45, 7) is 8.48. The van der Waals surface area contributed by atoms with Crippen LogP contribution in [-0.2, 0) is 0 Å². The Morgan fingerprint density at radius 3 is 2.31 bits per heavy atom. The predicted molar refractivity (Wildman–Crippen MR) is 57.2 cm³/mol. The quantitative estimate of drug-likeness (QED) is 0.594. The van der Waals surface area contributed by atoms with E-state index in [9.17, 15) is 0 Å². The van der Waals surface area contributed by atoms with Crippen molar-refractivity contribution in [2.75, 3.05) is 0 Å². The molecule has 74 valence electrons. The molecule has 2 atom stereocenters. The van der Waals surface area contributed by atoms with Gasteiger partial charge in [-0.15, -0.1) is 0 Å². The van der Waals surface area contributed by atoms with Gasteiger partial charge in [0, 0.05) is 6.04 Å². The Bertz CT molecular complexity index is 254. The van der Waals surface area contributed by atoms with Gasteiger partial charge >= 0.3 is 0 Å². The standard InChI is InChI=1S/C11H20N2/c1-10(2,3)8-5-6-11(4,13)9(12)7-8/h5-7,9H,12-13H2,1-4H3. The number of hydrogen-bond acceptors (Lipinski definition) is 2. The van der Waals surface area contributed by atoms with Crippen LogP contribution >= 0.6 is 0 Å². The second-order valence-electron chi connectivity index (χ2n) is 5.10. The number of rotatable bonds is 0. The lowest BCUT2D eigenvalue weighted by Crippen LogP contribution is -2.51. The minimum absolute atomic E-state index is 0.0771. The van der Waals surface area contributed by atoms with Gasteiger partial charge in [-0.05, 0) is 17.9 Å². The van der Waals surface area contributed by atoms with Gasteiger partial charge in [-0.1, -0.05) is 39.0 Å². The molecule has 1 aliphatic carbocycles. The third kappa shape index (κ3) is 2.20. The highest BCUT2D eigenvalue weighted by Gasteiger charge is 2.28. The number of nitrogens with two attached hydrogens (primary N) is 2. The lowest BCUT2D eigenvalue weighted by Gasteiger charge is -2.33. The first-order valence-electron chi connectivity index (χ1n) is 4.69. The molecule has 2 unspecified atom stereocenters. The lowest BCUT2D eigenvalue weighted by atomic mass is 9.78. The van der Waals surface area contributed by atoms with Crippen molar-refractivity contribution in [2.45, 2.75) is 39.3 Å². The Morgan fingerprint density at radius 1 is 1.38 bits per heavy atom. The fraction of sp³-hybridized carbons (Fsp3) is 0.636. The second-order valence-corrected chi connectivity index (χ2v) is 5.10. The predicted octanol–water partition coefficient (Wildman–Crippen LogP) is 1.57. The molecular formula is C11H20N2. The molecule has 0 heterocycles. The molecule has 0 amide bonds. The first-order valence-corrected chi connectivity index (χ1v) is 4.69. The van der Waals surface area contributed by atoms with E-state index in [2.05, 4.69) is 32.9 Å². The zero-order valence-corrected chi connectivity index (χ0v) is 8.96. The van der Waals surface area contributed by atoms with Crippen LogP contribution in [0.3, 0.4) is 0 Å². The maximum atomic E-state index is 5.97. The van der Waals surface area contributed by atoms with Crippen LogP contribution in [-0.4, -0.2) is 11.6 Å². The van der Waals surface area contributed by atoms with Crippen LogP contribution in [0.15, 0.2) is 23.8 Å². The molecule has 0 fully saturated rings. The molecular weight excluding hydrogens is 160 g/mol. The van der Waals surface area contributed by atoms with Gasteiger partial charge in [0.25, 0.3) is 0 Å². The van der Waals surface area contributed by atoms with Crippen molar-refractivity contribution in [2.24, 2.45) is 16.9 Å². The minimum Gasteiger partial charge on any atom is -0.323 e. The van der Waals surface area contributed by atoms with E-state index in [-0.39, 0.29) is 11.5 Å². The average Bonchev–Trinajstić information content (AvgIpc) is 1.92. The molecule has 0 radical (unpaired) electrons. The van der Waals surface area contributed by atoms with Gasteiger partial charge in [0.2, 0.25) is 0 Å². The van der Waals surface area contributed by atoms with E-state index in [0.717, 1.165) is 0 Å². The van der Waals surface area contributed by atoms with E-state index < -0.39 is 5.54 Å². The fourth-order valence-corrected chi connectivity index (χ4v) is 1.31. The molecule has 4 N–H and O–H groups in total. The summed E-state index contributed by atoms with van der Waals surface area (Å²) >= 11 is 0. The van der Waals surface area contributed by atoms with Crippen molar-refractivity contribution in [3.8, 4) is 0 Å². The van der Waals surface area contributed by atoms with Crippen LogP contribution in [0.4, 0.5) is 0 Å². The molecule has 0 spiro atoms. The highest BCUT2D eigenvalue weighted by molar-refractivity contribution is 5.35. The van der Waals surface area contributed by atoms with Crippen molar-refractivity contribution in [1.82, 2.24) is 0 Å². The largest absolute Gasteiger partial charge is 0.323 e. The highest BCUT2D eigenvalue weighted by atomic mass is 14.8. The van der Waals surface area contributed by atoms with Crippen LogP contribution in [0.1, 0.15) is 27.7 Å². The van der Waals surface area contributed by atoms with Crippen molar-refractivity contribution >= 4 is 0 Å². The SMILES string of the molecule is CC(C)(C)C1=CC(N)C(C)(N)C=C1. The molecule has 2 heteroatoms. The van der Waals surface area contributed by atoms with Gasteiger partial charge in [-0.2, -0.15) is 0 Å². The van der Waals surface area contributed by atoms with Crippen molar-refractivity contribution in [3.05, 3.63) is 23.8 Å². The number of allylic oxidation sites excluding steroid dienone is 2. The average molecular weight is 180 g/mol. The lowest BCUT2D eigenvalue weighted by molar-refractivity contribution is 0.470. The van der Waals surface area contributed by atoms with Crippen LogP contribution in [0.5, 0.6) is 0 Å². The molecule has 0 aromatic rings. The normalized spacial score (nSPS) is 34.6. The summed E-state index contributed by atoms with van der Waals surface area (Å²) < 4.78 is 0. The maximum absolute atomic E-state index is 5.97. The van der Waals surface area contributed by atoms with Crippen LogP contribution < -0.4 is 11.5 Å². The van der Waals surface area contributed by atoms with E-state index >= 15 is 0 Å². The summed E-state index contributed by atoms with van der Waals surface area (Å²) in [5, 5.41) is 0. The van der Waals surface area contributed by atoms with E-state index in [1.807, 2.05) is 13.0 Å². The zero-order valence-electron chi connectivity index (χ0n) is 8.96. The van der Waals surface area contributed by atoms with Gasteiger partial charge in [0.05, 0.1) is 5.54 Å². The minimum atomic E-state index is -0.394. The van der Waals surface area contributed by atoms with Crippen molar-refractivity contribution in [3.63, 3.8) is 0 Å². The van der Waals surface area contributed by atoms with Crippen LogP contribution in [0, 0.1) is 5.41 Å². The zero-order chi connectivity index (χ0) is 10.3. The van der Waals surface area contributed by atoms with E-state index in [0.29, 0.717) is 0 Å². The molecule has 1 aliphatic rings.